The lowest BCUT2D eigenvalue weighted by Gasteiger charge is -2.17. The summed E-state index contributed by atoms with van der Waals surface area (Å²) in [7, 11) is 1.75. The molecule has 1 amide bonds. The van der Waals surface area contributed by atoms with E-state index in [0.717, 1.165) is 11.1 Å². The van der Waals surface area contributed by atoms with Gasteiger partial charge in [0.25, 0.3) is 5.91 Å². The van der Waals surface area contributed by atoms with Crippen molar-refractivity contribution in [2.75, 3.05) is 7.05 Å². The van der Waals surface area contributed by atoms with Crippen molar-refractivity contribution in [3.63, 3.8) is 0 Å². The van der Waals surface area contributed by atoms with Gasteiger partial charge in [0.15, 0.2) is 12.2 Å². The Morgan fingerprint density at radius 2 is 1.83 bits per heavy atom. The summed E-state index contributed by atoms with van der Waals surface area (Å²) in [4.78, 5) is 18.0. The summed E-state index contributed by atoms with van der Waals surface area (Å²) in [6, 6.07) is 14.0. The summed E-state index contributed by atoms with van der Waals surface area (Å²) >= 11 is 0. The van der Waals surface area contributed by atoms with Crippen molar-refractivity contribution in [2.24, 2.45) is 0 Å². The fraction of sp³-hybridized carbons (Fsp3) is 0.111. The maximum atomic E-state index is 12.5. The molecule has 1 N–H and O–H groups in total. The smallest absolute Gasteiger partial charge is 0.253 e. The third-order valence-corrected chi connectivity index (χ3v) is 3.55. The van der Waals surface area contributed by atoms with E-state index in [1.807, 2.05) is 12.1 Å². The predicted molar refractivity (Wildman–Crippen MR) is 85.8 cm³/mol. The molecule has 0 atom stereocenters. The molecule has 3 aromatic rings. The van der Waals surface area contributed by atoms with Gasteiger partial charge in [0.2, 0.25) is 0 Å². The Hall–Kier alpha value is -3.08. The maximum Gasteiger partial charge on any atom is 0.253 e. The van der Waals surface area contributed by atoms with E-state index in [9.17, 15) is 9.90 Å². The van der Waals surface area contributed by atoms with Crippen molar-refractivity contribution < 1.29 is 14.3 Å². The van der Waals surface area contributed by atoms with Crippen molar-refractivity contribution in [2.45, 2.75) is 6.54 Å². The number of rotatable bonds is 4. The first-order valence-corrected chi connectivity index (χ1v) is 7.16. The molecule has 0 fully saturated rings. The molecule has 23 heavy (non-hydrogen) atoms. The van der Waals surface area contributed by atoms with Gasteiger partial charge in [0.1, 0.15) is 5.75 Å². The first-order valence-electron chi connectivity index (χ1n) is 7.16. The molecule has 5 heteroatoms. The molecule has 5 nitrogen and oxygen atoms in total. The SMILES string of the molecule is CN(Cc1ccc(O)cc1)C(=O)c1ccc(-c2cnco2)cc1. The van der Waals surface area contributed by atoms with E-state index in [0.29, 0.717) is 17.9 Å². The number of phenolic OH excluding ortho intramolecular Hbond substituents is 1. The number of hydrogen-bond acceptors (Lipinski definition) is 4. The van der Waals surface area contributed by atoms with Crippen LogP contribution in [0.5, 0.6) is 5.75 Å². The average Bonchev–Trinajstić information content (AvgIpc) is 3.11. The summed E-state index contributed by atoms with van der Waals surface area (Å²) in [5.41, 5.74) is 2.44. The van der Waals surface area contributed by atoms with Crippen LogP contribution in [0, 0.1) is 0 Å². The molecule has 0 aliphatic carbocycles. The second-order valence-corrected chi connectivity index (χ2v) is 5.27. The van der Waals surface area contributed by atoms with Gasteiger partial charge in [-0.15, -0.1) is 0 Å². The number of oxazole rings is 1. The molecule has 0 aliphatic rings. The van der Waals surface area contributed by atoms with Gasteiger partial charge < -0.3 is 14.4 Å². The third-order valence-electron chi connectivity index (χ3n) is 3.55. The van der Waals surface area contributed by atoms with Gasteiger partial charge in [0, 0.05) is 24.7 Å². The summed E-state index contributed by atoms with van der Waals surface area (Å²) < 4.78 is 5.23. The maximum absolute atomic E-state index is 12.5. The molecule has 2 aromatic carbocycles. The highest BCUT2D eigenvalue weighted by Crippen LogP contribution is 2.20. The molecule has 3 rings (SSSR count). The van der Waals surface area contributed by atoms with E-state index in [4.69, 9.17) is 4.42 Å². The molecule has 0 saturated carbocycles. The number of carbonyl (C=O) groups is 1. The van der Waals surface area contributed by atoms with Gasteiger partial charge in [-0.1, -0.05) is 24.3 Å². The standard InChI is InChI=1S/C18H16N2O3/c1-20(11-13-2-8-16(21)9-3-13)18(22)15-6-4-14(5-7-15)17-10-19-12-23-17/h2-10,12,21H,11H2,1H3. The van der Waals surface area contributed by atoms with E-state index in [2.05, 4.69) is 4.98 Å². The van der Waals surface area contributed by atoms with Crippen LogP contribution in [-0.4, -0.2) is 27.9 Å². The number of phenols is 1. The van der Waals surface area contributed by atoms with Crippen molar-refractivity contribution in [3.05, 3.63) is 72.2 Å². The number of nitrogens with zero attached hydrogens (tertiary/aromatic N) is 2. The Kier molecular flexibility index (Phi) is 4.10. The van der Waals surface area contributed by atoms with E-state index in [1.165, 1.54) is 6.39 Å². The zero-order chi connectivity index (χ0) is 16.2. The van der Waals surface area contributed by atoms with Gasteiger partial charge in [-0.25, -0.2) is 4.98 Å². The summed E-state index contributed by atoms with van der Waals surface area (Å²) in [6.45, 7) is 0.475. The van der Waals surface area contributed by atoms with Crippen molar-refractivity contribution >= 4 is 5.91 Å². The zero-order valence-electron chi connectivity index (χ0n) is 12.6. The Morgan fingerprint density at radius 3 is 2.43 bits per heavy atom. The van der Waals surface area contributed by atoms with Crippen LogP contribution < -0.4 is 0 Å². The number of carbonyl (C=O) groups excluding carboxylic acids is 1. The Bertz CT molecular complexity index is 778. The molecule has 116 valence electrons. The number of amides is 1. The molecule has 1 aromatic heterocycles. The second kappa shape index (κ2) is 6.36. The van der Waals surface area contributed by atoms with Gasteiger partial charge in [-0.3, -0.25) is 4.79 Å². The number of aromatic nitrogens is 1. The van der Waals surface area contributed by atoms with Crippen LogP contribution >= 0.6 is 0 Å². The fourth-order valence-electron chi connectivity index (χ4n) is 2.30. The van der Waals surface area contributed by atoms with Crippen LogP contribution in [0.4, 0.5) is 0 Å². The molecule has 0 saturated heterocycles. The topological polar surface area (TPSA) is 66.6 Å². The van der Waals surface area contributed by atoms with Gasteiger partial charge in [-0.2, -0.15) is 0 Å². The largest absolute Gasteiger partial charge is 0.508 e. The highest BCUT2D eigenvalue weighted by molar-refractivity contribution is 5.94. The van der Waals surface area contributed by atoms with Crippen LogP contribution in [0.25, 0.3) is 11.3 Å². The lowest BCUT2D eigenvalue weighted by molar-refractivity contribution is 0.0785. The second-order valence-electron chi connectivity index (χ2n) is 5.27. The monoisotopic (exact) mass is 308 g/mol. The zero-order valence-corrected chi connectivity index (χ0v) is 12.6. The predicted octanol–water partition coefficient (Wildman–Crippen LogP) is 3.32. The minimum Gasteiger partial charge on any atom is -0.508 e. The van der Waals surface area contributed by atoms with Gasteiger partial charge >= 0.3 is 0 Å². The number of benzene rings is 2. The van der Waals surface area contributed by atoms with E-state index in [-0.39, 0.29) is 11.7 Å². The van der Waals surface area contributed by atoms with Crippen LogP contribution in [0.3, 0.4) is 0 Å². The fourth-order valence-corrected chi connectivity index (χ4v) is 2.30. The Balaban J connectivity index is 1.70. The lowest BCUT2D eigenvalue weighted by atomic mass is 10.1. The van der Waals surface area contributed by atoms with Crippen LogP contribution in [0.15, 0.2) is 65.5 Å². The first-order chi connectivity index (χ1) is 11.1. The van der Waals surface area contributed by atoms with Crippen molar-refractivity contribution in [3.8, 4) is 17.1 Å². The molecule has 0 bridgehead atoms. The summed E-state index contributed by atoms with van der Waals surface area (Å²) in [5, 5.41) is 9.29. The number of hydrogen-bond donors (Lipinski definition) is 1. The van der Waals surface area contributed by atoms with Crippen LogP contribution in [-0.2, 0) is 6.54 Å². The Labute approximate surface area is 133 Å². The van der Waals surface area contributed by atoms with Crippen LogP contribution in [0.2, 0.25) is 0 Å². The molecule has 0 unspecified atom stereocenters. The normalized spacial score (nSPS) is 10.5. The van der Waals surface area contributed by atoms with E-state index in [1.54, 1.807) is 54.5 Å². The molecule has 0 aliphatic heterocycles. The van der Waals surface area contributed by atoms with E-state index < -0.39 is 0 Å². The third kappa shape index (κ3) is 3.40. The molecule has 0 radical (unpaired) electrons. The molecule has 0 spiro atoms. The first kappa shape index (κ1) is 14.8. The minimum absolute atomic E-state index is 0.0674. The van der Waals surface area contributed by atoms with Crippen molar-refractivity contribution in [1.82, 2.24) is 9.88 Å². The summed E-state index contributed by atoms with van der Waals surface area (Å²) in [5.74, 6) is 0.814. The summed E-state index contributed by atoms with van der Waals surface area (Å²) in [6.07, 6.45) is 3.01. The lowest BCUT2D eigenvalue weighted by Crippen LogP contribution is -2.26. The van der Waals surface area contributed by atoms with Crippen LogP contribution in [0.1, 0.15) is 15.9 Å². The Morgan fingerprint density at radius 1 is 1.13 bits per heavy atom. The van der Waals surface area contributed by atoms with Crippen molar-refractivity contribution in [1.29, 1.82) is 0 Å². The van der Waals surface area contributed by atoms with Gasteiger partial charge in [0.05, 0.1) is 6.20 Å². The highest BCUT2D eigenvalue weighted by Gasteiger charge is 2.12. The molecule has 1 heterocycles. The highest BCUT2D eigenvalue weighted by atomic mass is 16.3. The molecular formula is C18H16N2O3. The van der Waals surface area contributed by atoms with E-state index >= 15 is 0 Å². The average molecular weight is 308 g/mol. The molecular weight excluding hydrogens is 292 g/mol. The quantitative estimate of drug-likeness (QED) is 0.803. The minimum atomic E-state index is -0.0674. The van der Waals surface area contributed by atoms with Gasteiger partial charge in [-0.05, 0) is 29.8 Å². The number of aromatic hydroxyl groups is 1.